The minimum absolute atomic E-state index is 0.241. The molecule has 0 saturated carbocycles. The molecule has 26 heavy (non-hydrogen) atoms. The molecule has 3 N–H and O–H groups in total. The van der Waals surface area contributed by atoms with Crippen LogP contribution in [0, 0.1) is 0 Å². The molecular formula is C20H19N3O3. The van der Waals surface area contributed by atoms with Crippen LogP contribution in [0.25, 0.3) is 10.9 Å². The molecule has 0 bridgehead atoms. The number of aromatic amines is 1. The molecule has 132 valence electrons. The average molecular weight is 349 g/mol. The third-order valence-corrected chi connectivity index (χ3v) is 4.54. The SMILES string of the molecule is O=C(Nc1cccc2[nH]ccc12)C(=O)N[C@H]1CCCOc2ccccc21. The second-order valence-corrected chi connectivity index (χ2v) is 6.25. The summed E-state index contributed by atoms with van der Waals surface area (Å²) in [4.78, 5) is 27.9. The molecule has 2 aromatic carbocycles. The van der Waals surface area contributed by atoms with E-state index in [1.165, 1.54) is 0 Å². The molecule has 0 aliphatic carbocycles. The largest absolute Gasteiger partial charge is 0.493 e. The van der Waals surface area contributed by atoms with Crippen LogP contribution in [0.15, 0.2) is 54.7 Å². The van der Waals surface area contributed by atoms with Crippen LogP contribution in [-0.2, 0) is 9.59 Å². The highest BCUT2D eigenvalue weighted by atomic mass is 16.5. The van der Waals surface area contributed by atoms with Crippen molar-refractivity contribution in [2.45, 2.75) is 18.9 Å². The normalized spacial score (nSPS) is 16.2. The van der Waals surface area contributed by atoms with Crippen LogP contribution >= 0.6 is 0 Å². The Morgan fingerprint density at radius 1 is 1.04 bits per heavy atom. The van der Waals surface area contributed by atoms with Crippen LogP contribution in [0.5, 0.6) is 5.75 Å². The second-order valence-electron chi connectivity index (χ2n) is 6.25. The molecule has 0 radical (unpaired) electrons. The summed E-state index contributed by atoms with van der Waals surface area (Å²) in [7, 11) is 0. The van der Waals surface area contributed by atoms with Gasteiger partial charge in [-0.2, -0.15) is 0 Å². The lowest BCUT2D eigenvalue weighted by Gasteiger charge is -2.18. The van der Waals surface area contributed by atoms with Gasteiger partial charge < -0.3 is 20.4 Å². The lowest BCUT2D eigenvalue weighted by molar-refractivity contribution is -0.136. The number of nitrogens with one attached hydrogen (secondary N) is 3. The van der Waals surface area contributed by atoms with E-state index in [1.54, 1.807) is 12.3 Å². The van der Waals surface area contributed by atoms with Crippen molar-refractivity contribution in [1.29, 1.82) is 0 Å². The maximum absolute atomic E-state index is 12.4. The Hall–Kier alpha value is -3.28. The third kappa shape index (κ3) is 3.13. The van der Waals surface area contributed by atoms with E-state index in [1.807, 2.05) is 42.5 Å². The van der Waals surface area contributed by atoms with E-state index < -0.39 is 11.8 Å². The summed E-state index contributed by atoms with van der Waals surface area (Å²) in [6.07, 6.45) is 3.33. The number of carbonyl (C=O) groups excluding carboxylic acids is 2. The van der Waals surface area contributed by atoms with Gasteiger partial charge >= 0.3 is 11.8 Å². The minimum Gasteiger partial charge on any atom is -0.493 e. The Bertz CT molecular complexity index is 964. The zero-order chi connectivity index (χ0) is 17.9. The number of hydrogen-bond donors (Lipinski definition) is 3. The van der Waals surface area contributed by atoms with E-state index in [9.17, 15) is 9.59 Å². The van der Waals surface area contributed by atoms with E-state index in [-0.39, 0.29) is 6.04 Å². The number of anilines is 1. The lowest BCUT2D eigenvalue weighted by atomic mass is 10.0. The highest BCUT2D eigenvalue weighted by Crippen LogP contribution is 2.31. The van der Waals surface area contributed by atoms with Crippen molar-refractivity contribution in [2.75, 3.05) is 11.9 Å². The van der Waals surface area contributed by atoms with Crippen molar-refractivity contribution in [3.8, 4) is 5.75 Å². The van der Waals surface area contributed by atoms with Gasteiger partial charge in [-0.25, -0.2) is 0 Å². The second kappa shape index (κ2) is 6.92. The predicted molar refractivity (Wildman–Crippen MR) is 99.0 cm³/mol. The molecule has 6 heteroatoms. The van der Waals surface area contributed by atoms with Crippen molar-refractivity contribution < 1.29 is 14.3 Å². The Labute approximate surface area is 150 Å². The number of amides is 2. The number of aromatic nitrogens is 1. The summed E-state index contributed by atoms with van der Waals surface area (Å²) in [5, 5.41) is 6.40. The van der Waals surface area contributed by atoms with E-state index in [0.717, 1.165) is 35.1 Å². The molecule has 0 unspecified atom stereocenters. The van der Waals surface area contributed by atoms with E-state index in [2.05, 4.69) is 15.6 Å². The van der Waals surface area contributed by atoms with Gasteiger partial charge in [0.05, 0.1) is 18.3 Å². The highest BCUT2D eigenvalue weighted by Gasteiger charge is 2.24. The zero-order valence-corrected chi connectivity index (χ0v) is 14.1. The molecule has 0 spiro atoms. The van der Waals surface area contributed by atoms with Gasteiger partial charge in [0, 0.05) is 22.7 Å². The molecule has 6 nitrogen and oxygen atoms in total. The van der Waals surface area contributed by atoms with Gasteiger partial charge in [-0.1, -0.05) is 24.3 Å². The summed E-state index contributed by atoms with van der Waals surface area (Å²) >= 11 is 0. The maximum atomic E-state index is 12.4. The highest BCUT2D eigenvalue weighted by molar-refractivity contribution is 6.40. The average Bonchev–Trinajstić information content (AvgIpc) is 3.05. The Balaban J connectivity index is 1.50. The standard InChI is InChI=1S/C20H19N3O3/c24-19(22-16-7-3-6-15-13(16)10-11-21-15)20(25)23-17-8-4-12-26-18-9-2-1-5-14(17)18/h1-3,5-7,9-11,17,21H,4,8,12H2,(H,22,24)(H,23,25)/t17-/m0/s1. The molecule has 3 aromatic rings. The van der Waals surface area contributed by atoms with Crippen LogP contribution < -0.4 is 15.4 Å². The van der Waals surface area contributed by atoms with E-state index in [0.29, 0.717) is 12.3 Å². The monoisotopic (exact) mass is 349 g/mol. The van der Waals surface area contributed by atoms with Crippen LogP contribution in [0.4, 0.5) is 5.69 Å². The fraction of sp³-hybridized carbons (Fsp3) is 0.200. The number of hydrogen-bond acceptors (Lipinski definition) is 3. The molecule has 1 atom stereocenters. The predicted octanol–water partition coefficient (Wildman–Crippen LogP) is 3.14. The van der Waals surface area contributed by atoms with Gasteiger partial charge in [-0.05, 0) is 37.1 Å². The van der Waals surface area contributed by atoms with Gasteiger partial charge in [0.1, 0.15) is 5.75 Å². The van der Waals surface area contributed by atoms with Crippen molar-refractivity contribution in [3.63, 3.8) is 0 Å². The Morgan fingerprint density at radius 2 is 1.92 bits per heavy atom. The molecule has 2 heterocycles. The number of carbonyl (C=O) groups is 2. The molecule has 2 amide bonds. The van der Waals surface area contributed by atoms with Crippen LogP contribution in [-0.4, -0.2) is 23.4 Å². The van der Waals surface area contributed by atoms with Crippen molar-refractivity contribution >= 4 is 28.4 Å². The van der Waals surface area contributed by atoms with Crippen molar-refractivity contribution in [1.82, 2.24) is 10.3 Å². The Morgan fingerprint density at radius 3 is 2.85 bits per heavy atom. The first-order valence-corrected chi connectivity index (χ1v) is 8.62. The van der Waals surface area contributed by atoms with Gasteiger partial charge in [0.15, 0.2) is 0 Å². The number of ether oxygens (including phenoxy) is 1. The zero-order valence-electron chi connectivity index (χ0n) is 14.1. The fourth-order valence-corrected chi connectivity index (χ4v) is 3.27. The van der Waals surface area contributed by atoms with Crippen molar-refractivity contribution in [2.24, 2.45) is 0 Å². The summed E-state index contributed by atoms with van der Waals surface area (Å²) in [6, 6.07) is 14.7. The first-order chi connectivity index (χ1) is 12.7. The van der Waals surface area contributed by atoms with Gasteiger partial charge in [0.25, 0.3) is 0 Å². The summed E-state index contributed by atoms with van der Waals surface area (Å²) in [5.41, 5.74) is 2.41. The number of H-pyrrole nitrogens is 1. The van der Waals surface area contributed by atoms with Crippen LogP contribution in [0.3, 0.4) is 0 Å². The van der Waals surface area contributed by atoms with Crippen LogP contribution in [0.1, 0.15) is 24.4 Å². The quantitative estimate of drug-likeness (QED) is 0.622. The third-order valence-electron chi connectivity index (χ3n) is 4.54. The summed E-state index contributed by atoms with van der Waals surface area (Å²) in [6.45, 7) is 0.602. The first-order valence-electron chi connectivity index (χ1n) is 8.62. The first kappa shape index (κ1) is 16.2. The molecule has 0 saturated heterocycles. The molecule has 1 aliphatic rings. The molecule has 0 fully saturated rings. The summed E-state index contributed by atoms with van der Waals surface area (Å²) < 4.78 is 5.70. The molecule has 4 rings (SSSR count). The lowest BCUT2D eigenvalue weighted by Crippen LogP contribution is -2.37. The van der Waals surface area contributed by atoms with Crippen LogP contribution in [0.2, 0.25) is 0 Å². The summed E-state index contributed by atoms with van der Waals surface area (Å²) in [5.74, 6) is -0.576. The minimum atomic E-state index is -0.679. The number of fused-ring (bicyclic) bond motifs is 2. The smallest absolute Gasteiger partial charge is 0.313 e. The number of rotatable bonds is 2. The van der Waals surface area contributed by atoms with E-state index >= 15 is 0 Å². The topological polar surface area (TPSA) is 83.2 Å². The molecular weight excluding hydrogens is 330 g/mol. The molecule has 1 aliphatic heterocycles. The number of benzene rings is 2. The van der Waals surface area contributed by atoms with Gasteiger partial charge in [0.2, 0.25) is 0 Å². The molecule has 1 aromatic heterocycles. The van der Waals surface area contributed by atoms with Gasteiger partial charge in [-0.15, -0.1) is 0 Å². The number of para-hydroxylation sites is 1. The Kier molecular flexibility index (Phi) is 4.31. The maximum Gasteiger partial charge on any atom is 0.313 e. The van der Waals surface area contributed by atoms with Crippen molar-refractivity contribution in [3.05, 3.63) is 60.3 Å². The fourth-order valence-electron chi connectivity index (χ4n) is 3.27. The van der Waals surface area contributed by atoms with Gasteiger partial charge in [-0.3, -0.25) is 9.59 Å². The van der Waals surface area contributed by atoms with E-state index in [4.69, 9.17) is 4.74 Å².